The summed E-state index contributed by atoms with van der Waals surface area (Å²) in [4.78, 5) is 22.1. The molecule has 2 aliphatic rings. The van der Waals surface area contributed by atoms with E-state index in [4.69, 9.17) is 9.47 Å². The first-order valence-electron chi connectivity index (χ1n) is 6.58. The number of anilines is 2. The predicted octanol–water partition coefficient (Wildman–Crippen LogP) is 1.52. The number of hydrogen-bond donors (Lipinski definition) is 2. The second-order valence-electron chi connectivity index (χ2n) is 5.45. The Bertz CT molecular complexity index is 610. The fraction of sp³-hybridized carbons (Fsp3) is 0.462. The maximum absolute atomic E-state index is 11.4. The maximum atomic E-state index is 11.4. The van der Waals surface area contributed by atoms with Crippen molar-refractivity contribution in [2.24, 2.45) is 0 Å². The van der Waals surface area contributed by atoms with Gasteiger partial charge in [0.15, 0.2) is 12.4 Å². The van der Waals surface area contributed by atoms with Gasteiger partial charge in [-0.25, -0.2) is 0 Å². The summed E-state index contributed by atoms with van der Waals surface area (Å²) in [6.45, 7) is 2.90. The zero-order chi connectivity index (χ0) is 15.0. The molecule has 112 valence electrons. The molecule has 1 aromatic rings. The summed E-state index contributed by atoms with van der Waals surface area (Å²) >= 11 is 0. The van der Waals surface area contributed by atoms with Gasteiger partial charge in [0.1, 0.15) is 5.69 Å². The van der Waals surface area contributed by atoms with E-state index in [2.05, 4.69) is 10.6 Å². The summed E-state index contributed by atoms with van der Waals surface area (Å²) in [6, 6.07) is 2.87. The third-order valence-electron chi connectivity index (χ3n) is 3.58. The number of fused-ring (bicyclic) bond motifs is 1. The molecule has 0 spiro atoms. The molecule has 2 heterocycles. The summed E-state index contributed by atoms with van der Waals surface area (Å²) in [5, 5.41) is 17.0. The first kappa shape index (κ1) is 13.6. The van der Waals surface area contributed by atoms with E-state index in [1.54, 1.807) is 0 Å². The van der Waals surface area contributed by atoms with Crippen LogP contribution in [-0.4, -0.2) is 36.2 Å². The van der Waals surface area contributed by atoms with Crippen LogP contribution in [0.2, 0.25) is 0 Å². The van der Waals surface area contributed by atoms with Crippen molar-refractivity contribution in [1.82, 2.24) is 0 Å². The van der Waals surface area contributed by atoms with Crippen LogP contribution < -0.4 is 15.4 Å². The normalized spacial score (nSPS) is 24.0. The van der Waals surface area contributed by atoms with Gasteiger partial charge in [-0.3, -0.25) is 14.9 Å². The van der Waals surface area contributed by atoms with Crippen molar-refractivity contribution in [3.8, 4) is 5.75 Å². The van der Waals surface area contributed by atoms with E-state index in [1.165, 1.54) is 12.1 Å². The van der Waals surface area contributed by atoms with Crippen molar-refractivity contribution >= 4 is 23.0 Å². The van der Waals surface area contributed by atoms with Crippen molar-refractivity contribution in [3.63, 3.8) is 0 Å². The molecule has 2 N–H and O–H groups in total. The molecule has 0 saturated carbocycles. The van der Waals surface area contributed by atoms with Crippen molar-refractivity contribution in [2.45, 2.75) is 18.9 Å². The van der Waals surface area contributed by atoms with Crippen molar-refractivity contribution in [1.29, 1.82) is 0 Å². The van der Waals surface area contributed by atoms with Gasteiger partial charge in [-0.15, -0.1) is 0 Å². The molecular weight excluding hydrogens is 278 g/mol. The fourth-order valence-corrected chi connectivity index (χ4v) is 2.46. The number of ether oxygens (including phenoxy) is 2. The molecule has 0 radical (unpaired) electrons. The van der Waals surface area contributed by atoms with Gasteiger partial charge in [0.25, 0.3) is 11.6 Å². The van der Waals surface area contributed by atoms with E-state index in [9.17, 15) is 14.9 Å². The minimum absolute atomic E-state index is 0.0852. The van der Waals surface area contributed by atoms with E-state index in [1.807, 2.05) is 6.92 Å². The van der Waals surface area contributed by atoms with Gasteiger partial charge in [0.2, 0.25) is 0 Å². The standard InChI is InChI=1S/C13H15N3O5/c1-13(2-3-20-7-13)15-8-4-9-11(5-10(8)16(18)19)21-6-12(17)14-9/h4-5,15H,2-3,6-7H2,1H3,(H,14,17). The minimum atomic E-state index is -0.471. The van der Waals surface area contributed by atoms with Crippen LogP contribution in [-0.2, 0) is 9.53 Å². The molecule has 0 aliphatic carbocycles. The SMILES string of the molecule is CC1(Nc2cc3c(cc2[N+](=O)[O-])OCC(=O)N3)CCOC1. The molecule has 0 aromatic heterocycles. The second kappa shape index (κ2) is 4.88. The summed E-state index contributed by atoms with van der Waals surface area (Å²) in [6.07, 6.45) is 0.754. The zero-order valence-corrected chi connectivity index (χ0v) is 11.5. The van der Waals surface area contributed by atoms with Crippen LogP contribution in [0.15, 0.2) is 12.1 Å². The number of nitrogens with zero attached hydrogens (tertiary/aromatic N) is 1. The van der Waals surface area contributed by atoms with Crippen molar-refractivity contribution in [3.05, 3.63) is 22.2 Å². The maximum Gasteiger partial charge on any atom is 0.296 e. The number of carbonyl (C=O) groups excluding carboxylic acids is 1. The van der Waals surface area contributed by atoms with E-state index >= 15 is 0 Å². The average molecular weight is 293 g/mol. The molecule has 1 amide bonds. The Hall–Kier alpha value is -2.35. The van der Waals surface area contributed by atoms with Crippen LogP contribution in [0.5, 0.6) is 5.75 Å². The van der Waals surface area contributed by atoms with E-state index in [0.717, 1.165) is 6.42 Å². The minimum Gasteiger partial charge on any atom is -0.481 e. The molecule has 1 atom stereocenters. The Labute approximate surface area is 120 Å². The molecule has 1 aromatic carbocycles. The van der Waals surface area contributed by atoms with Gasteiger partial charge in [0, 0.05) is 6.61 Å². The Morgan fingerprint density at radius 1 is 1.48 bits per heavy atom. The lowest BCUT2D eigenvalue weighted by Crippen LogP contribution is -2.35. The molecule has 3 rings (SSSR count). The lowest BCUT2D eigenvalue weighted by molar-refractivity contribution is -0.384. The quantitative estimate of drug-likeness (QED) is 0.647. The summed E-state index contributed by atoms with van der Waals surface area (Å²) in [5.74, 6) is 0.0254. The number of hydrogen-bond acceptors (Lipinski definition) is 6. The summed E-state index contributed by atoms with van der Waals surface area (Å²) < 4.78 is 10.5. The molecule has 1 fully saturated rings. The number of nitro benzene ring substituents is 1. The van der Waals surface area contributed by atoms with Crippen LogP contribution in [0, 0.1) is 10.1 Å². The van der Waals surface area contributed by atoms with Gasteiger partial charge in [0.05, 0.1) is 28.8 Å². The first-order chi connectivity index (χ1) is 9.97. The summed E-state index contributed by atoms with van der Waals surface area (Å²) in [7, 11) is 0. The van der Waals surface area contributed by atoms with E-state index in [-0.39, 0.29) is 23.7 Å². The Morgan fingerprint density at radius 3 is 2.95 bits per heavy atom. The number of nitro groups is 1. The van der Waals surface area contributed by atoms with Gasteiger partial charge >= 0.3 is 0 Å². The molecule has 1 saturated heterocycles. The lowest BCUT2D eigenvalue weighted by Gasteiger charge is -2.26. The number of benzene rings is 1. The highest BCUT2D eigenvalue weighted by Gasteiger charge is 2.33. The Morgan fingerprint density at radius 2 is 2.29 bits per heavy atom. The van der Waals surface area contributed by atoms with Crippen LogP contribution in [0.1, 0.15) is 13.3 Å². The molecule has 8 nitrogen and oxygen atoms in total. The Kier molecular flexibility index (Phi) is 3.17. The molecule has 1 unspecified atom stereocenters. The second-order valence-corrected chi connectivity index (χ2v) is 5.45. The van der Waals surface area contributed by atoms with Crippen LogP contribution >= 0.6 is 0 Å². The topological polar surface area (TPSA) is 103 Å². The molecule has 21 heavy (non-hydrogen) atoms. The van der Waals surface area contributed by atoms with Gasteiger partial charge in [-0.2, -0.15) is 0 Å². The van der Waals surface area contributed by atoms with Crippen LogP contribution in [0.3, 0.4) is 0 Å². The average Bonchev–Trinajstić information content (AvgIpc) is 2.84. The van der Waals surface area contributed by atoms with Crippen LogP contribution in [0.4, 0.5) is 17.1 Å². The van der Waals surface area contributed by atoms with Gasteiger partial charge < -0.3 is 20.1 Å². The number of amides is 1. The molecule has 8 heteroatoms. The summed E-state index contributed by atoms with van der Waals surface area (Å²) in [5.41, 5.74) is 0.330. The molecule has 2 aliphatic heterocycles. The Balaban J connectivity index is 1.99. The molecular formula is C13H15N3O5. The van der Waals surface area contributed by atoms with Gasteiger partial charge in [-0.05, 0) is 19.4 Å². The zero-order valence-electron chi connectivity index (χ0n) is 11.5. The largest absolute Gasteiger partial charge is 0.481 e. The van der Waals surface area contributed by atoms with Gasteiger partial charge in [-0.1, -0.05) is 0 Å². The highest BCUT2D eigenvalue weighted by Crippen LogP contribution is 2.39. The van der Waals surface area contributed by atoms with E-state index < -0.39 is 4.92 Å². The van der Waals surface area contributed by atoms with E-state index in [0.29, 0.717) is 30.3 Å². The highest BCUT2D eigenvalue weighted by molar-refractivity contribution is 5.96. The highest BCUT2D eigenvalue weighted by atomic mass is 16.6. The number of carbonyl (C=O) groups is 1. The first-order valence-corrected chi connectivity index (χ1v) is 6.58. The predicted molar refractivity (Wildman–Crippen MR) is 74.7 cm³/mol. The van der Waals surface area contributed by atoms with Crippen LogP contribution in [0.25, 0.3) is 0 Å². The third kappa shape index (κ3) is 2.62. The smallest absolute Gasteiger partial charge is 0.296 e. The number of rotatable bonds is 3. The lowest BCUT2D eigenvalue weighted by atomic mass is 10.0. The van der Waals surface area contributed by atoms with Crippen molar-refractivity contribution in [2.75, 3.05) is 30.5 Å². The third-order valence-corrected chi connectivity index (χ3v) is 3.58. The van der Waals surface area contributed by atoms with Crippen molar-refractivity contribution < 1.29 is 19.2 Å². The molecule has 0 bridgehead atoms. The fourth-order valence-electron chi connectivity index (χ4n) is 2.46. The monoisotopic (exact) mass is 293 g/mol. The number of nitrogens with one attached hydrogen (secondary N) is 2.